The van der Waals surface area contributed by atoms with Gasteiger partial charge in [0.25, 0.3) is 0 Å². The molecule has 23 heavy (non-hydrogen) atoms. The number of hydrogen-bond donors (Lipinski definition) is 0. The highest BCUT2D eigenvalue weighted by atomic mass is 79.9. The molecule has 0 amide bonds. The summed E-state index contributed by atoms with van der Waals surface area (Å²) in [7, 11) is 0. The van der Waals surface area contributed by atoms with E-state index in [4.69, 9.17) is 8.83 Å². The van der Waals surface area contributed by atoms with Crippen molar-refractivity contribution in [2.24, 2.45) is 0 Å². The third-order valence-corrected chi connectivity index (χ3v) is 3.95. The number of benzene rings is 2. The molecule has 0 aliphatic heterocycles. The summed E-state index contributed by atoms with van der Waals surface area (Å²) in [5, 5.41) is 8.04. The van der Waals surface area contributed by atoms with Crippen molar-refractivity contribution < 1.29 is 8.83 Å². The van der Waals surface area contributed by atoms with Crippen molar-refractivity contribution in [3.05, 3.63) is 69.4 Å². The standard InChI is InChI=1S/C16H10BrN3O3/c17-11-7-5-10(6-8-11)15-19-18-14(23-15)9-20-12-3-1-2-4-13(12)22-16(20)21/h1-8H,9H2. The number of nitrogens with zero attached hydrogens (tertiary/aromatic N) is 3. The summed E-state index contributed by atoms with van der Waals surface area (Å²) in [6, 6.07) is 14.8. The van der Waals surface area contributed by atoms with E-state index in [0.717, 1.165) is 10.0 Å². The van der Waals surface area contributed by atoms with Crippen molar-refractivity contribution in [1.29, 1.82) is 0 Å². The molecule has 4 aromatic rings. The molecular weight excluding hydrogens is 362 g/mol. The van der Waals surface area contributed by atoms with Crippen molar-refractivity contribution in [1.82, 2.24) is 14.8 Å². The molecule has 6 nitrogen and oxygen atoms in total. The number of halogens is 1. The zero-order chi connectivity index (χ0) is 15.8. The minimum Gasteiger partial charge on any atom is -0.419 e. The van der Waals surface area contributed by atoms with Gasteiger partial charge in [0, 0.05) is 10.0 Å². The van der Waals surface area contributed by atoms with Crippen LogP contribution in [-0.2, 0) is 6.54 Å². The molecule has 2 heterocycles. The SMILES string of the molecule is O=c1oc2ccccc2n1Cc1nnc(-c2ccc(Br)cc2)o1. The summed E-state index contributed by atoms with van der Waals surface area (Å²) in [5.74, 6) is 0.305. The number of oxazole rings is 1. The highest BCUT2D eigenvalue weighted by Crippen LogP contribution is 2.21. The maximum absolute atomic E-state index is 12.0. The zero-order valence-electron chi connectivity index (χ0n) is 11.8. The van der Waals surface area contributed by atoms with E-state index >= 15 is 0 Å². The van der Waals surface area contributed by atoms with E-state index in [1.807, 2.05) is 42.5 Å². The average molecular weight is 372 g/mol. The second-order valence-electron chi connectivity index (χ2n) is 4.93. The van der Waals surface area contributed by atoms with Crippen LogP contribution in [0.1, 0.15) is 5.89 Å². The molecule has 114 valence electrons. The van der Waals surface area contributed by atoms with Crippen LogP contribution in [0.2, 0.25) is 0 Å². The Morgan fingerprint density at radius 2 is 1.78 bits per heavy atom. The molecule has 0 saturated heterocycles. The molecule has 0 spiro atoms. The molecule has 0 bridgehead atoms. The fraction of sp³-hybridized carbons (Fsp3) is 0.0625. The number of hydrogen-bond acceptors (Lipinski definition) is 5. The van der Waals surface area contributed by atoms with Gasteiger partial charge in [0.2, 0.25) is 11.8 Å². The van der Waals surface area contributed by atoms with Gasteiger partial charge in [0.15, 0.2) is 5.58 Å². The minimum atomic E-state index is -0.449. The number of aromatic nitrogens is 3. The van der Waals surface area contributed by atoms with E-state index in [-0.39, 0.29) is 6.54 Å². The van der Waals surface area contributed by atoms with Gasteiger partial charge in [-0.2, -0.15) is 0 Å². The Morgan fingerprint density at radius 1 is 1.00 bits per heavy atom. The topological polar surface area (TPSA) is 74.1 Å². The van der Waals surface area contributed by atoms with Crippen LogP contribution in [0.3, 0.4) is 0 Å². The molecule has 7 heteroatoms. The van der Waals surface area contributed by atoms with Crippen molar-refractivity contribution in [3.63, 3.8) is 0 Å². The van der Waals surface area contributed by atoms with Crippen LogP contribution in [0.5, 0.6) is 0 Å². The molecule has 0 saturated carbocycles. The Kier molecular flexibility index (Phi) is 3.34. The molecule has 4 rings (SSSR count). The Labute approximate surface area is 138 Å². The Bertz CT molecular complexity index is 1030. The van der Waals surface area contributed by atoms with Gasteiger partial charge in [-0.25, -0.2) is 4.79 Å². The first kappa shape index (κ1) is 14.0. The maximum Gasteiger partial charge on any atom is 0.420 e. The number of rotatable bonds is 3. The number of para-hydroxylation sites is 2. The van der Waals surface area contributed by atoms with E-state index in [9.17, 15) is 4.79 Å². The highest BCUT2D eigenvalue weighted by molar-refractivity contribution is 9.10. The van der Waals surface area contributed by atoms with Crippen molar-refractivity contribution in [2.45, 2.75) is 6.54 Å². The monoisotopic (exact) mass is 371 g/mol. The molecule has 0 aliphatic carbocycles. The van der Waals surface area contributed by atoms with Gasteiger partial charge >= 0.3 is 5.76 Å². The third kappa shape index (κ3) is 2.59. The van der Waals surface area contributed by atoms with E-state index in [2.05, 4.69) is 26.1 Å². The number of fused-ring (bicyclic) bond motifs is 1. The van der Waals surface area contributed by atoms with Crippen LogP contribution in [0.15, 0.2) is 66.6 Å². The zero-order valence-corrected chi connectivity index (χ0v) is 13.4. The fourth-order valence-corrected chi connectivity index (χ4v) is 2.59. The molecule has 0 N–H and O–H groups in total. The van der Waals surface area contributed by atoms with Gasteiger partial charge < -0.3 is 8.83 Å². The van der Waals surface area contributed by atoms with Crippen molar-refractivity contribution >= 4 is 27.0 Å². The van der Waals surface area contributed by atoms with Crippen LogP contribution in [0.4, 0.5) is 0 Å². The lowest BCUT2D eigenvalue weighted by Gasteiger charge is -1.97. The molecule has 0 unspecified atom stereocenters. The lowest BCUT2D eigenvalue weighted by Crippen LogP contribution is -2.15. The molecule has 0 fully saturated rings. The molecule has 0 aliphatic rings. The van der Waals surface area contributed by atoms with Crippen LogP contribution >= 0.6 is 15.9 Å². The first-order chi connectivity index (χ1) is 11.2. The Balaban J connectivity index is 1.68. The summed E-state index contributed by atoms with van der Waals surface area (Å²) >= 11 is 3.38. The van der Waals surface area contributed by atoms with Gasteiger partial charge in [-0.05, 0) is 36.4 Å². The summed E-state index contributed by atoms with van der Waals surface area (Å²) in [6.45, 7) is 0.166. The summed E-state index contributed by atoms with van der Waals surface area (Å²) < 4.78 is 13.3. The first-order valence-corrected chi connectivity index (χ1v) is 7.67. The van der Waals surface area contributed by atoms with Gasteiger partial charge in [0.1, 0.15) is 6.54 Å². The van der Waals surface area contributed by atoms with Crippen LogP contribution in [0, 0.1) is 0 Å². The highest BCUT2D eigenvalue weighted by Gasteiger charge is 2.14. The van der Waals surface area contributed by atoms with Gasteiger partial charge in [-0.1, -0.05) is 28.1 Å². The minimum absolute atomic E-state index is 0.166. The smallest absolute Gasteiger partial charge is 0.419 e. The van der Waals surface area contributed by atoms with Gasteiger partial charge in [-0.3, -0.25) is 4.57 Å². The molecule has 2 aromatic heterocycles. The second-order valence-corrected chi connectivity index (χ2v) is 5.85. The molecule has 2 aromatic carbocycles. The fourth-order valence-electron chi connectivity index (χ4n) is 2.33. The summed E-state index contributed by atoms with van der Waals surface area (Å²) in [6.07, 6.45) is 0. The molecular formula is C16H10BrN3O3. The lowest BCUT2D eigenvalue weighted by atomic mass is 10.2. The van der Waals surface area contributed by atoms with Crippen molar-refractivity contribution in [3.8, 4) is 11.5 Å². The normalized spacial score (nSPS) is 11.2. The summed E-state index contributed by atoms with van der Waals surface area (Å²) in [4.78, 5) is 12.0. The second kappa shape index (κ2) is 5.51. The predicted molar refractivity (Wildman–Crippen MR) is 87.0 cm³/mol. The van der Waals surface area contributed by atoms with Gasteiger partial charge in [0.05, 0.1) is 5.52 Å². The van der Waals surface area contributed by atoms with Crippen molar-refractivity contribution in [2.75, 3.05) is 0 Å². The Morgan fingerprint density at radius 3 is 2.61 bits per heavy atom. The predicted octanol–water partition coefficient (Wildman–Crippen LogP) is 3.46. The summed E-state index contributed by atoms with van der Waals surface area (Å²) in [5.41, 5.74) is 2.04. The van der Waals surface area contributed by atoms with E-state index in [1.54, 1.807) is 6.07 Å². The lowest BCUT2D eigenvalue weighted by molar-refractivity contribution is 0.461. The van der Waals surface area contributed by atoms with E-state index in [1.165, 1.54) is 4.57 Å². The average Bonchev–Trinajstić information content (AvgIpc) is 3.14. The Hall–Kier alpha value is -2.67. The van der Waals surface area contributed by atoms with Crippen LogP contribution in [0.25, 0.3) is 22.6 Å². The van der Waals surface area contributed by atoms with E-state index in [0.29, 0.717) is 22.9 Å². The maximum atomic E-state index is 12.0. The van der Waals surface area contributed by atoms with Crippen LogP contribution in [-0.4, -0.2) is 14.8 Å². The largest absolute Gasteiger partial charge is 0.420 e. The molecule has 0 radical (unpaired) electrons. The molecule has 0 atom stereocenters. The first-order valence-electron chi connectivity index (χ1n) is 6.87. The third-order valence-electron chi connectivity index (χ3n) is 3.43. The van der Waals surface area contributed by atoms with Gasteiger partial charge in [-0.15, -0.1) is 10.2 Å². The van der Waals surface area contributed by atoms with Crippen LogP contribution < -0.4 is 5.76 Å². The quantitative estimate of drug-likeness (QED) is 0.551. The van der Waals surface area contributed by atoms with E-state index < -0.39 is 5.76 Å².